The third-order valence-electron chi connectivity index (χ3n) is 5.35. The molecule has 1 aromatic carbocycles. The largest absolute Gasteiger partial charge is 0.369 e. The van der Waals surface area contributed by atoms with E-state index >= 15 is 0 Å². The second-order valence-electron chi connectivity index (χ2n) is 7.03. The summed E-state index contributed by atoms with van der Waals surface area (Å²) in [5.74, 6) is 0.271. The summed E-state index contributed by atoms with van der Waals surface area (Å²) < 4.78 is 0. The van der Waals surface area contributed by atoms with Crippen molar-refractivity contribution in [2.75, 3.05) is 50.7 Å². The van der Waals surface area contributed by atoms with Crippen LogP contribution in [0.25, 0.3) is 0 Å². The Morgan fingerprint density at radius 1 is 1.15 bits per heavy atom. The Balaban J connectivity index is 0.00000182. The number of carbonyl (C=O) groups is 1. The van der Waals surface area contributed by atoms with Gasteiger partial charge in [-0.3, -0.25) is 9.69 Å². The molecule has 2 heterocycles. The van der Waals surface area contributed by atoms with E-state index in [1.54, 1.807) is 0 Å². The lowest BCUT2D eigenvalue weighted by atomic mass is 10.0. The molecule has 0 saturated carbocycles. The van der Waals surface area contributed by atoms with Crippen molar-refractivity contribution in [3.8, 4) is 0 Å². The highest BCUT2D eigenvalue weighted by Gasteiger charge is 2.29. The first-order chi connectivity index (χ1) is 12.2. The lowest BCUT2D eigenvalue weighted by molar-refractivity contribution is -0.133. The number of benzene rings is 1. The Kier molecular flexibility index (Phi) is 10.8. The summed E-state index contributed by atoms with van der Waals surface area (Å²) in [4.78, 5) is 19.3. The standard InChI is InChI=1S/C19H29ClN4O.2ClH/c20-16-4-1-5-17(14-16)22-10-12-23(13-11-22)18-6-3-9-24(15-18)19(25)7-2-8-21;;/h1,4-5,14,18H,2-3,6-13,15,21H2;2*1H. The maximum absolute atomic E-state index is 12.3. The van der Waals surface area contributed by atoms with E-state index in [4.69, 9.17) is 17.3 Å². The second kappa shape index (κ2) is 12.0. The molecule has 0 aliphatic carbocycles. The molecule has 0 bridgehead atoms. The van der Waals surface area contributed by atoms with Crippen molar-refractivity contribution in [1.82, 2.24) is 9.80 Å². The molecule has 8 heteroatoms. The second-order valence-corrected chi connectivity index (χ2v) is 7.47. The highest BCUT2D eigenvalue weighted by molar-refractivity contribution is 6.30. The molecule has 2 saturated heterocycles. The summed E-state index contributed by atoms with van der Waals surface area (Å²) in [7, 11) is 0. The van der Waals surface area contributed by atoms with Gasteiger partial charge in [0.1, 0.15) is 0 Å². The zero-order valence-electron chi connectivity index (χ0n) is 15.7. The normalized spacial score (nSPS) is 20.6. The molecule has 154 valence electrons. The molecule has 1 atom stereocenters. The SMILES string of the molecule is Cl.Cl.NCCCC(=O)N1CCCC(N2CCN(c3cccc(Cl)c3)CC2)C1. The molecule has 27 heavy (non-hydrogen) atoms. The Hall–Kier alpha value is -0.720. The van der Waals surface area contributed by atoms with Crippen LogP contribution in [0.4, 0.5) is 5.69 Å². The Labute approximate surface area is 180 Å². The number of piperazine rings is 1. The van der Waals surface area contributed by atoms with Crippen LogP contribution in [0.5, 0.6) is 0 Å². The number of likely N-dealkylation sites (tertiary alicyclic amines) is 1. The molecule has 0 spiro atoms. The summed E-state index contributed by atoms with van der Waals surface area (Å²) in [5.41, 5.74) is 6.73. The van der Waals surface area contributed by atoms with E-state index in [-0.39, 0.29) is 30.7 Å². The van der Waals surface area contributed by atoms with Gasteiger partial charge in [-0.15, -0.1) is 24.8 Å². The predicted molar refractivity (Wildman–Crippen MR) is 118 cm³/mol. The number of amides is 1. The van der Waals surface area contributed by atoms with E-state index in [2.05, 4.69) is 15.9 Å². The zero-order chi connectivity index (χ0) is 17.6. The highest BCUT2D eigenvalue weighted by atomic mass is 35.5. The smallest absolute Gasteiger partial charge is 0.222 e. The molecular weight excluding hydrogens is 407 g/mol. The quantitative estimate of drug-likeness (QED) is 0.769. The maximum atomic E-state index is 12.3. The summed E-state index contributed by atoms with van der Waals surface area (Å²) in [6.45, 7) is 6.48. The number of rotatable bonds is 5. The molecule has 2 aliphatic heterocycles. The van der Waals surface area contributed by atoms with E-state index in [1.165, 1.54) is 12.1 Å². The van der Waals surface area contributed by atoms with E-state index in [0.717, 1.165) is 57.1 Å². The van der Waals surface area contributed by atoms with Gasteiger partial charge < -0.3 is 15.5 Å². The molecular formula is C19H31Cl3N4O. The van der Waals surface area contributed by atoms with Gasteiger partial charge in [-0.2, -0.15) is 0 Å². The molecule has 3 rings (SSSR count). The van der Waals surface area contributed by atoms with Gasteiger partial charge in [0, 0.05) is 62.4 Å². The highest BCUT2D eigenvalue weighted by Crippen LogP contribution is 2.23. The summed E-state index contributed by atoms with van der Waals surface area (Å²) >= 11 is 6.11. The maximum Gasteiger partial charge on any atom is 0.222 e. The predicted octanol–water partition coefficient (Wildman–Crippen LogP) is 3.04. The minimum atomic E-state index is 0. The topological polar surface area (TPSA) is 52.8 Å². The molecule has 1 amide bonds. The average molecular weight is 438 g/mol. The van der Waals surface area contributed by atoms with Gasteiger partial charge in [-0.1, -0.05) is 17.7 Å². The number of halogens is 3. The zero-order valence-corrected chi connectivity index (χ0v) is 18.1. The molecule has 1 unspecified atom stereocenters. The van der Waals surface area contributed by atoms with Gasteiger partial charge in [0.15, 0.2) is 0 Å². The summed E-state index contributed by atoms with van der Waals surface area (Å²) in [5, 5.41) is 0.791. The van der Waals surface area contributed by atoms with E-state index in [0.29, 0.717) is 19.0 Å². The van der Waals surface area contributed by atoms with Gasteiger partial charge in [-0.25, -0.2) is 0 Å². The summed E-state index contributed by atoms with van der Waals surface area (Å²) in [6, 6.07) is 8.59. The minimum Gasteiger partial charge on any atom is -0.369 e. The van der Waals surface area contributed by atoms with Crippen LogP contribution < -0.4 is 10.6 Å². The molecule has 2 fully saturated rings. The third-order valence-corrected chi connectivity index (χ3v) is 5.58. The number of nitrogens with two attached hydrogens (primary N) is 1. The fourth-order valence-corrected chi connectivity index (χ4v) is 4.09. The van der Waals surface area contributed by atoms with Crippen LogP contribution >= 0.6 is 36.4 Å². The van der Waals surface area contributed by atoms with Gasteiger partial charge >= 0.3 is 0 Å². The Morgan fingerprint density at radius 3 is 2.56 bits per heavy atom. The van der Waals surface area contributed by atoms with Crippen LogP contribution in [0.1, 0.15) is 25.7 Å². The van der Waals surface area contributed by atoms with Crippen molar-refractivity contribution in [2.24, 2.45) is 5.73 Å². The molecule has 0 radical (unpaired) electrons. The van der Waals surface area contributed by atoms with E-state index < -0.39 is 0 Å². The van der Waals surface area contributed by atoms with Gasteiger partial charge in [-0.05, 0) is 44.0 Å². The van der Waals surface area contributed by atoms with Gasteiger partial charge in [0.25, 0.3) is 0 Å². The number of carbonyl (C=O) groups excluding carboxylic acids is 1. The van der Waals surface area contributed by atoms with Crippen molar-refractivity contribution < 1.29 is 4.79 Å². The molecule has 2 aliphatic rings. The van der Waals surface area contributed by atoms with E-state index in [9.17, 15) is 4.79 Å². The first-order valence-electron chi connectivity index (χ1n) is 9.40. The van der Waals surface area contributed by atoms with Crippen molar-refractivity contribution >= 4 is 48.0 Å². The van der Waals surface area contributed by atoms with Gasteiger partial charge in [0.05, 0.1) is 0 Å². The van der Waals surface area contributed by atoms with Crippen molar-refractivity contribution in [1.29, 1.82) is 0 Å². The summed E-state index contributed by atoms with van der Waals surface area (Å²) in [6.07, 6.45) is 3.68. The average Bonchev–Trinajstić information content (AvgIpc) is 2.66. The van der Waals surface area contributed by atoms with Crippen LogP contribution in [0.3, 0.4) is 0 Å². The number of piperidine rings is 1. The lowest BCUT2D eigenvalue weighted by Crippen LogP contribution is -2.55. The number of anilines is 1. The number of hydrogen-bond donors (Lipinski definition) is 1. The van der Waals surface area contributed by atoms with Crippen molar-refractivity contribution in [2.45, 2.75) is 31.7 Å². The number of hydrogen-bond acceptors (Lipinski definition) is 4. The monoisotopic (exact) mass is 436 g/mol. The van der Waals surface area contributed by atoms with Crippen LogP contribution in [0.15, 0.2) is 24.3 Å². The van der Waals surface area contributed by atoms with E-state index in [1.807, 2.05) is 23.1 Å². The number of nitrogens with zero attached hydrogens (tertiary/aromatic N) is 3. The Morgan fingerprint density at radius 2 is 1.89 bits per heavy atom. The van der Waals surface area contributed by atoms with Crippen LogP contribution in [-0.4, -0.2) is 67.6 Å². The first kappa shape index (κ1) is 24.3. The lowest BCUT2D eigenvalue weighted by Gasteiger charge is -2.44. The van der Waals surface area contributed by atoms with Crippen LogP contribution in [0.2, 0.25) is 5.02 Å². The van der Waals surface area contributed by atoms with Gasteiger partial charge in [0.2, 0.25) is 5.91 Å². The molecule has 2 N–H and O–H groups in total. The van der Waals surface area contributed by atoms with Crippen LogP contribution in [-0.2, 0) is 4.79 Å². The Bertz CT molecular complexity index is 582. The minimum absolute atomic E-state index is 0. The first-order valence-corrected chi connectivity index (χ1v) is 9.77. The van der Waals surface area contributed by atoms with Crippen molar-refractivity contribution in [3.63, 3.8) is 0 Å². The fourth-order valence-electron chi connectivity index (χ4n) is 3.91. The third kappa shape index (κ3) is 6.68. The molecule has 5 nitrogen and oxygen atoms in total. The molecule has 0 aromatic heterocycles. The molecule has 1 aromatic rings. The fraction of sp³-hybridized carbons (Fsp3) is 0.632. The van der Waals surface area contributed by atoms with Crippen LogP contribution in [0, 0.1) is 0 Å². The van der Waals surface area contributed by atoms with Crippen molar-refractivity contribution in [3.05, 3.63) is 29.3 Å².